The van der Waals surface area contributed by atoms with Gasteiger partial charge in [-0.25, -0.2) is 22.3 Å². The molecular weight excluding hydrogens is 335 g/mol. The topological polar surface area (TPSA) is 75.7 Å². The molecule has 1 amide bonds. The molecule has 1 saturated heterocycles. The summed E-state index contributed by atoms with van der Waals surface area (Å²) in [5.74, 6) is -0.979. The maximum absolute atomic E-state index is 13.6. The summed E-state index contributed by atoms with van der Waals surface area (Å²) in [6.07, 6.45) is 0.0359. The number of amides is 1. The molecule has 0 bridgehead atoms. The molecule has 134 valence electrons. The molecular formula is C16H23FN2O4S. The summed E-state index contributed by atoms with van der Waals surface area (Å²) in [7, 11) is -3.69. The fourth-order valence-electron chi connectivity index (χ4n) is 2.46. The quantitative estimate of drug-likeness (QED) is 0.896. The number of carbonyl (C=O) groups excluding carboxylic acids is 1. The first-order valence-corrected chi connectivity index (χ1v) is 9.42. The zero-order valence-corrected chi connectivity index (χ0v) is 14.9. The SMILES string of the molecule is CC(C)(C)OC(=O)N1CC[C@H](NS(=O)(=O)Cc2ccccc2F)C1. The first kappa shape index (κ1) is 18.7. The third-order valence-corrected chi connectivity index (χ3v) is 4.87. The van der Waals surface area contributed by atoms with Crippen molar-refractivity contribution in [3.63, 3.8) is 0 Å². The Labute approximate surface area is 142 Å². The summed E-state index contributed by atoms with van der Waals surface area (Å²) in [6, 6.07) is 5.37. The zero-order chi connectivity index (χ0) is 18.0. The highest BCUT2D eigenvalue weighted by Crippen LogP contribution is 2.17. The van der Waals surface area contributed by atoms with E-state index in [0.29, 0.717) is 13.0 Å². The van der Waals surface area contributed by atoms with Gasteiger partial charge in [-0.1, -0.05) is 18.2 Å². The Morgan fingerprint density at radius 2 is 2.04 bits per heavy atom. The van der Waals surface area contributed by atoms with Crippen LogP contribution in [0.3, 0.4) is 0 Å². The van der Waals surface area contributed by atoms with Crippen molar-refractivity contribution in [1.82, 2.24) is 9.62 Å². The minimum Gasteiger partial charge on any atom is -0.444 e. The summed E-state index contributed by atoms with van der Waals surface area (Å²) in [6.45, 7) is 5.98. The van der Waals surface area contributed by atoms with Gasteiger partial charge >= 0.3 is 6.09 Å². The van der Waals surface area contributed by atoms with Crippen LogP contribution in [-0.2, 0) is 20.5 Å². The fraction of sp³-hybridized carbons (Fsp3) is 0.562. The molecule has 0 aliphatic carbocycles. The molecule has 1 N–H and O–H groups in total. The molecule has 1 aliphatic heterocycles. The van der Waals surface area contributed by atoms with E-state index in [-0.39, 0.29) is 12.1 Å². The van der Waals surface area contributed by atoms with Gasteiger partial charge in [0.1, 0.15) is 11.4 Å². The second-order valence-electron chi connectivity index (χ2n) is 6.88. The molecule has 1 atom stereocenters. The number of sulfonamides is 1. The lowest BCUT2D eigenvalue weighted by Crippen LogP contribution is -2.40. The van der Waals surface area contributed by atoms with Crippen molar-refractivity contribution in [2.45, 2.75) is 44.6 Å². The third-order valence-electron chi connectivity index (χ3n) is 3.49. The van der Waals surface area contributed by atoms with E-state index in [1.54, 1.807) is 26.8 Å². The zero-order valence-electron chi connectivity index (χ0n) is 14.1. The molecule has 8 heteroatoms. The van der Waals surface area contributed by atoms with Crippen molar-refractivity contribution in [1.29, 1.82) is 0 Å². The van der Waals surface area contributed by atoms with E-state index in [9.17, 15) is 17.6 Å². The molecule has 24 heavy (non-hydrogen) atoms. The van der Waals surface area contributed by atoms with Gasteiger partial charge in [-0.15, -0.1) is 0 Å². The maximum atomic E-state index is 13.6. The second kappa shape index (κ2) is 7.06. The highest BCUT2D eigenvalue weighted by atomic mass is 32.2. The molecule has 1 aliphatic rings. The molecule has 1 aromatic carbocycles. The lowest BCUT2D eigenvalue weighted by Gasteiger charge is -2.24. The van der Waals surface area contributed by atoms with Gasteiger partial charge in [0.05, 0.1) is 5.75 Å². The minimum absolute atomic E-state index is 0.118. The second-order valence-corrected chi connectivity index (χ2v) is 8.63. The van der Waals surface area contributed by atoms with Crippen LogP contribution < -0.4 is 4.72 Å². The van der Waals surface area contributed by atoms with Crippen LogP contribution in [0.25, 0.3) is 0 Å². The predicted molar refractivity (Wildman–Crippen MR) is 88.4 cm³/mol. The summed E-state index contributed by atoms with van der Waals surface area (Å²) < 4.78 is 45.8. The number of nitrogens with one attached hydrogen (secondary N) is 1. The number of likely N-dealkylation sites (tertiary alicyclic amines) is 1. The fourth-order valence-corrected chi connectivity index (χ4v) is 3.89. The van der Waals surface area contributed by atoms with Gasteiger partial charge in [-0.2, -0.15) is 0 Å². The predicted octanol–water partition coefficient (Wildman–Crippen LogP) is 2.25. The Morgan fingerprint density at radius 1 is 1.38 bits per heavy atom. The van der Waals surface area contributed by atoms with Crippen LogP contribution in [0.5, 0.6) is 0 Å². The van der Waals surface area contributed by atoms with Crippen LogP contribution in [0.2, 0.25) is 0 Å². The molecule has 0 radical (unpaired) electrons. The van der Waals surface area contributed by atoms with E-state index in [0.717, 1.165) is 0 Å². The van der Waals surface area contributed by atoms with Crippen LogP contribution in [0.1, 0.15) is 32.8 Å². The van der Waals surface area contributed by atoms with Crippen LogP contribution >= 0.6 is 0 Å². The van der Waals surface area contributed by atoms with Crippen LogP contribution in [0, 0.1) is 5.82 Å². The Bertz CT molecular complexity index is 700. The Hall–Kier alpha value is -1.67. The van der Waals surface area contributed by atoms with Crippen molar-refractivity contribution < 1.29 is 22.3 Å². The summed E-state index contributed by atoms with van der Waals surface area (Å²) in [4.78, 5) is 13.5. The van der Waals surface area contributed by atoms with Crippen molar-refractivity contribution in [3.8, 4) is 0 Å². The number of halogens is 1. The molecule has 6 nitrogen and oxygen atoms in total. The van der Waals surface area contributed by atoms with E-state index in [2.05, 4.69) is 4.72 Å². The molecule has 0 unspecified atom stereocenters. The molecule has 2 rings (SSSR count). The first-order valence-electron chi connectivity index (χ1n) is 7.77. The molecule has 1 aromatic rings. The van der Waals surface area contributed by atoms with Crippen LogP contribution in [0.4, 0.5) is 9.18 Å². The number of ether oxygens (including phenoxy) is 1. The van der Waals surface area contributed by atoms with E-state index in [1.165, 1.54) is 23.1 Å². The van der Waals surface area contributed by atoms with Crippen molar-refractivity contribution >= 4 is 16.1 Å². The number of rotatable bonds is 4. The van der Waals surface area contributed by atoms with Crippen LogP contribution in [-0.4, -0.2) is 44.1 Å². The molecule has 0 saturated carbocycles. The smallest absolute Gasteiger partial charge is 0.410 e. The minimum atomic E-state index is -3.69. The average Bonchev–Trinajstić information content (AvgIpc) is 2.87. The van der Waals surface area contributed by atoms with Gasteiger partial charge in [0.2, 0.25) is 10.0 Å². The summed E-state index contributed by atoms with van der Waals surface area (Å²) in [5.41, 5.74) is -0.480. The number of hydrogen-bond donors (Lipinski definition) is 1. The summed E-state index contributed by atoms with van der Waals surface area (Å²) >= 11 is 0. The van der Waals surface area contributed by atoms with Crippen molar-refractivity contribution in [3.05, 3.63) is 35.6 Å². The van der Waals surface area contributed by atoms with Crippen molar-refractivity contribution in [2.24, 2.45) is 0 Å². The van der Waals surface area contributed by atoms with Gasteiger partial charge in [-0.05, 0) is 33.3 Å². The van der Waals surface area contributed by atoms with Gasteiger partial charge < -0.3 is 9.64 Å². The lowest BCUT2D eigenvalue weighted by atomic mass is 10.2. The Kier molecular flexibility index (Phi) is 5.49. The maximum Gasteiger partial charge on any atom is 0.410 e. The van der Waals surface area contributed by atoms with Gasteiger partial charge in [0.15, 0.2) is 0 Å². The van der Waals surface area contributed by atoms with E-state index < -0.39 is 39.3 Å². The molecule has 1 heterocycles. The number of carbonyl (C=O) groups is 1. The Morgan fingerprint density at radius 3 is 2.67 bits per heavy atom. The van der Waals surface area contributed by atoms with E-state index >= 15 is 0 Å². The number of benzene rings is 1. The first-order chi connectivity index (χ1) is 11.1. The van der Waals surface area contributed by atoms with E-state index in [4.69, 9.17) is 4.74 Å². The normalized spacial score (nSPS) is 18.7. The summed E-state index contributed by atoms with van der Waals surface area (Å²) in [5, 5.41) is 0. The average molecular weight is 358 g/mol. The van der Waals surface area contributed by atoms with Gasteiger partial charge in [-0.3, -0.25) is 0 Å². The lowest BCUT2D eigenvalue weighted by molar-refractivity contribution is 0.0292. The molecule has 0 aromatic heterocycles. The van der Waals surface area contributed by atoms with Gasteiger partial charge in [0.25, 0.3) is 0 Å². The van der Waals surface area contributed by atoms with E-state index in [1.807, 2.05) is 0 Å². The number of nitrogens with zero attached hydrogens (tertiary/aromatic N) is 1. The van der Waals surface area contributed by atoms with Crippen LogP contribution in [0.15, 0.2) is 24.3 Å². The standard InChI is InChI=1S/C16H23FN2O4S/c1-16(2,3)23-15(20)19-9-8-13(10-19)18-24(21,22)11-12-6-4-5-7-14(12)17/h4-7,13,18H,8-11H2,1-3H3/t13-/m0/s1. The largest absolute Gasteiger partial charge is 0.444 e. The Balaban J connectivity index is 1.92. The number of hydrogen-bond acceptors (Lipinski definition) is 4. The molecule has 0 spiro atoms. The van der Waals surface area contributed by atoms with Crippen molar-refractivity contribution in [2.75, 3.05) is 13.1 Å². The third kappa shape index (κ3) is 5.45. The monoisotopic (exact) mass is 358 g/mol. The van der Waals surface area contributed by atoms with Gasteiger partial charge in [0, 0.05) is 24.7 Å². The highest BCUT2D eigenvalue weighted by molar-refractivity contribution is 7.88. The highest BCUT2D eigenvalue weighted by Gasteiger charge is 2.32. The molecule has 1 fully saturated rings.